The molecule has 1 amide bonds. The van der Waals surface area contributed by atoms with Crippen molar-refractivity contribution >= 4 is 11.9 Å². The maximum Gasteiger partial charge on any atom is 0.305 e. The number of rotatable bonds is 4. The molecule has 1 saturated carbocycles. The normalized spacial score (nSPS) is 32.6. The van der Waals surface area contributed by atoms with Crippen molar-refractivity contribution in [3.05, 3.63) is 0 Å². The zero-order valence-electron chi connectivity index (χ0n) is 10.8. The van der Waals surface area contributed by atoms with Crippen LogP contribution in [-0.2, 0) is 9.59 Å². The van der Waals surface area contributed by atoms with Gasteiger partial charge in [0, 0.05) is 12.1 Å². The summed E-state index contributed by atoms with van der Waals surface area (Å²) in [4.78, 5) is 22.6. The molecular weight excluding hydrogens is 232 g/mol. The number of carbonyl (C=O) groups excluding carboxylic acids is 1. The molecule has 2 rings (SSSR count). The highest BCUT2D eigenvalue weighted by Crippen LogP contribution is 2.33. The van der Waals surface area contributed by atoms with Gasteiger partial charge in [-0.15, -0.1) is 0 Å². The first-order valence-electron chi connectivity index (χ1n) is 6.84. The molecule has 5 nitrogen and oxygen atoms in total. The molecule has 0 spiro atoms. The van der Waals surface area contributed by atoms with E-state index >= 15 is 0 Å². The third-order valence-electron chi connectivity index (χ3n) is 4.05. The Kier molecular flexibility index (Phi) is 4.22. The van der Waals surface area contributed by atoms with Crippen LogP contribution in [0.5, 0.6) is 0 Å². The summed E-state index contributed by atoms with van der Waals surface area (Å²) in [5.41, 5.74) is 0. The van der Waals surface area contributed by atoms with Crippen molar-refractivity contribution < 1.29 is 14.7 Å². The molecular formula is C13H22N2O3. The van der Waals surface area contributed by atoms with E-state index < -0.39 is 5.97 Å². The van der Waals surface area contributed by atoms with Crippen LogP contribution in [0.3, 0.4) is 0 Å². The van der Waals surface area contributed by atoms with E-state index in [0.29, 0.717) is 12.0 Å². The smallest absolute Gasteiger partial charge is 0.305 e. The minimum absolute atomic E-state index is 0.0225. The van der Waals surface area contributed by atoms with Gasteiger partial charge in [0.2, 0.25) is 5.91 Å². The fourth-order valence-corrected chi connectivity index (χ4v) is 3.18. The number of carboxylic acid groups (broad SMARTS) is 1. The molecule has 3 N–H and O–H groups in total. The molecule has 102 valence electrons. The van der Waals surface area contributed by atoms with E-state index in [1.54, 1.807) is 6.92 Å². The molecule has 2 fully saturated rings. The molecule has 4 unspecified atom stereocenters. The van der Waals surface area contributed by atoms with Crippen molar-refractivity contribution in [1.29, 1.82) is 0 Å². The molecule has 18 heavy (non-hydrogen) atoms. The summed E-state index contributed by atoms with van der Waals surface area (Å²) in [5, 5.41) is 14.8. The number of carboxylic acids is 1. The predicted octanol–water partition coefficient (Wildman–Crippen LogP) is 0.886. The molecule has 0 aromatic carbocycles. The van der Waals surface area contributed by atoms with Crippen molar-refractivity contribution in [2.24, 2.45) is 5.92 Å². The van der Waals surface area contributed by atoms with E-state index in [-0.39, 0.29) is 24.4 Å². The van der Waals surface area contributed by atoms with Crippen LogP contribution in [0.1, 0.15) is 45.4 Å². The SMILES string of the molecule is CC(CC(=O)O)NC(=O)C1CC2CCCCC2N1. The highest BCUT2D eigenvalue weighted by atomic mass is 16.4. The molecule has 1 saturated heterocycles. The molecule has 1 aliphatic carbocycles. The van der Waals surface area contributed by atoms with Gasteiger partial charge in [-0.2, -0.15) is 0 Å². The number of hydrogen-bond acceptors (Lipinski definition) is 3. The standard InChI is InChI=1S/C13H22N2O3/c1-8(6-12(16)17)14-13(18)11-7-9-4-2-3-5-10(9)15-11/h8-11,15H,2-7H2,1H3,(H,14,18)(H,16,17). The topological polar surface area (TPSA) is 78.4 Å². The van der Waals surface area contributed by atoms with Gasteiger partial charge >= 0.3 is 5.97 Å². The maximum atomic E-state index is 12.0. The first-order chi connectivity index (χ1) is 8.56. The predicted molar refractivity (Wildman–Crippen MR) is 67.1 cm³/mol. The van der Waals surface area contributed by atoms with E-state index in [9.17, 15) is 9.59 Å². The second kappa shape index (κ2) is 5.69. The number of nitrogens with one attached hydrogen (secondary N) is 2. The molecule has 0 bridgehead atoms. The fraction of sp³-hybridized carbons (Fsp3) is 0.846. The quantitative estimate of drug-likeness (QED) is 0.696. The van der Waals surface area contributed by atoms with E-state index in [0.717, 1.165) is 6.42 Å². The van der Waals surface area contributed by atoms with Crippen LogP contribution in [0, 0.1) is 5.92 Å². The summed E-state index contributed by atoms with van der Waals surface area (Å²) in [7, 11) is 0. The van der Waals surface area contributed by atoms with Crippen LogP contribution in [-0.4, -0.2) is 35.1 Å². The lowest BCUT2D eigenvalue weighted by Gasteiger charge is -2.24. The van der Waals surface area contributed by atoms with Crippen molar-refractivity contribution in [3.63, 3.8) is 0 Å². The number of hydrogen-bond donors (Lipinski definition) is 3. The first kappa shape index (κ1) is 13.3. The minimum atomic E-state index is -0.879. The van der Waals surface area contributed by atoms with E-state index in [1.165, 1.54) is 25.7 Å². The van der Waals surface area contributed by atoms with Crippen LogP contribution < -0.4 is 10.6 Å². The van der Waals surface area contributed by atoms with Crippen molar-refractivity contribution in [2.45, 2.75) is 63.6 Å². The van der Waals surface area contributed by atoms with Gasteiger partial charge in [-0.25, -0.2) is 0 Å². The lowest BCUT2D eigenvalue weighted by atomic mass is 9.85. The second-order valence-corrected chi connectivity index (χ2v) is 5.61. The summed E-state index contributed by atoms with van der Waals surface area (Å²) in [5.74, 6) is -0.293. The van der Waals surface area contributed by atoms with E-state index in [4.69, 9.17) is 5.11 Å². The Labute approximate surface area is 107 Å². The van der Waals surface area contributed by atoms with Gasteiger partial charge in [-0.05, 0) is 32.1 Å². The summed E-state index contributed by atoms with van der Waals surface area (Å²) in [6, 6.07) is 0.0538. The average molecular weight is 254 g/mol. The fourth-order valence-electron chi connectivity index (χ4n) is 3.18. The number of carbonyl (C=O) groups is 2. The minimum Gasteiger partial charge on any atom is -0.481 e. The summed E-state index contributed by atoms with van der Waals surface area (Å²) >= 11 is 0. The van der Waals surface area contributed by atoms with Crippen LogP contribution in [0.2, 0.25) is 0 Å². The Morgan fingerprint density at radius 3 is 2.78 bits per heavy atom. The lowest BCUT2D eigenvalue weighted by Crippen LogP contribution is -2.46. The molecule has 1 aliphatic heterocycles. The third-order valence-corrected chi connectivity index (χ3v) is 4.05. The average Bonchev–Trinajstić information content (AvgIpc) is 2.71. The summed E-state index contributed by atoms with van der Waals surface area (Å²) < 4.78 is 0. The summed E-state index contributed by atoms with van der Waals surface area (Å²) in [6.07, 6.45) is 5.78. The van der Waals surface area contributed by atoms with Crippen molar-refractivity contribution in [3.8, 4) is 0 Å². The van der Waals surface area contributed by atoms with Crippen molar-refractivity contribution in [1.82, 2.24) is 10.6 Å². The third kappa shape index (κ3) is 3.22. The van der Waals surface area contributed by atoms with Crippen LogP contribution >= 0.6 is 0 Å². The van der Waals surface area contributed by atoms with E-state index in [2.05, 4.69) is 10.6 Å². The van der Waals surface area contributed by atoms with Gasteiger partial charge in [0.15, 0.2) is 0 Å². The highest BCUT2D eigenvalue weighted by Gasteiger charge is 2.38. The van der Waals surface area contributed by atoms with Gasteiger partial charge in [-0.1, -0.05) is 12.8 Å². The van der Waals surface area contributed by atoms with Gasteiger partial charge in [-0.3, -0.25) is 9.59 Å². The Morgan fingerprint density at radius 1 is 1.39 bits per heavy atom. The Bertz CT molecular complexity index is 318. The summed E-state index contributed by atoms with van der Waals surface area (Å²) in [6.45, 7) is 1.73. The molecule has 0 radical (unpaired) electrons. The first-order valence-corrected chi connectivity index (χ1v) is 6.84. The molecule has 0 aromatic heterocycles. The van der Waals surface area contributed by atoms with Gasteiger partial charge in [0.1, 0.15) is 0 Å². The number of aliphatic carboxylic acids is 1. The van der Waals surface area contributed by atoms with Gasteiger partial charge in [0.25, 0.3) is 0 Å². The second-order valence-electron chi connectivity index (χ2n) is 5.61. The monoisotopic (exact) mass is 254 g/mol. The Balaban J connectivity index is 1.81. The molecule has 1 heterocycles. The van der Waals surface area contributed by atoms with Gasteiger partial charge < -0.3 is 15.7 Å². The zero-order valence-corrected chi connectivity index (χ0v) is 10.8. The number of fused-ring (bicyclic) bond motifs is 1. The Hall–Kier alpha value is -1.10. The largest absolute Gasteiger partial charge is 0.481 e. The maximum absolute atomic E-state index is 12.0. The van der Waals surface area contributed by atoms with Crippen LogP contribution in [0.25, 0.3) is 0 Å². The van der Waals surface area contributed by atoms with E-state index in [1.807, 2.05) is 0 Å². The van der Waals surface area contributed by atoms with Crippen molar-refractivity contribution in [2.75, 3.05) is 0 Å². The Morgan fingerprint density at radius 2 is 2.11 bits per heavy atom. The van der Waals surface area contributed by atoms with Crippen LogP contribution in [0.4, 0.5) is 0 Å². The molecule has 5 heteroatoms. The molecule has 0 aromatic rings. The molecule has 4 atom stereocenters. The zero-order chi connectivity index (χ0) is 13.1. The van der Waals surface area contributed by atoms with Gasteiger partial charge in [0.05, 0.1) is 12.5 Å². The lowest BCUT2D eigenvalue weighted by molar-refractivity contribution is -0.137. The van der Waals surface area contributed by atoms with Crippen LogP contribution in [0.15, 0.2) is 0 Å². The number of amides is 1. The highest BCUT2D eigenvalue weighted by molar-refractivity contribution is 5.83. The molecule has 2 aliphatic rings.